The van der Waals surface area contributed by atoms with Crippen molar-refractivity contribution in [2.24, 2.45) is 0 Å². The maximum atomic E-state index is 12.0. The summed E-state index contributed by atoms with van der Waals surface area (Å²) in [6, 6.07) is 7.24. The van der Waals surface area contributed by atoms with Crippen LogP contribution in [0.15, 0.2) is 24.3 Å². The molecule has 128 valence electrons. The minimum atomic E-state index is -0.540. The Morgan fingerprint density at radius 1 is 0.957 bits per heavy atom. The fraction of sp³-hybridized carbons (Fsp3) is 0.529. The first-order chi connectivity index (χ1) is 10.6. The number of benzene rings is 1. The van der Waals surface area contributed by atoms with Gasteiger partial charge >= 0.3 is 12.2 Å². The van der Waals surface area contributed by atoms with Gasteiger partial charge in [-0.3, -0.25) is 0 Å². The smallest absolute Gasteiger partial charge is 0.415 e. The van der Waals surface area contributed by atoms with Crippen LogP contribution in [0.5, 0.6) is 5.75 Å². The summed E-state index contributed by atoms with van der Waals surface area (Å²) in [6.45, 7) is 8.09. The lowest BCUT2D eigenvalue weighted by molar-refractivity contribution is 0.0287. The summed E-state index contributed by atoms with van der Waals surface area (Å²) in [5, 5.41) is 0. The van der Waals surface area contributed by atoms with E-state index in [1.165, 1.54) is 9.80 Å². The molecular weight excluding hydrogens is 296 g/mol. The van der Waals surface area contributed by atoms with E-state index in [-0.39, 0.29) is 0 Å². The highest BCUT2D eigenvalue weighted by Crippen LogP contribution is 2.12. The predicted molar refractivity (Wildman–Crippen MR) is 88.7 cm³/mol. The van der Waals surface area contributed by atoms with Crippen molar-refractivity contribution in [2.45, 2.75) is 33.3 Å². The van der Waals surface area contributed by atoms with Crippen molar-refractivity contribution in [1.29, 1.82) is 0 Å². The molecule has 23 heavy (non-hydrogen) atoms. The third kappa shape index (κ3) is 7.04. The fourth-order valence-corrected chi connectivity index (χ4v) is 1.61. The number of carbonyl (C=O) groups is 2. The van der Waals surface area contributed by atoms with Gasteiger partial charge < -0.3 is 19.3 Å². The molecule has 6 heteroatoms. The molecule has 2 amide bonds. The monoisotopic (exact) mass is 322 g/mol. The zero-order chi connectivity index (χ0) is 17.6. The summed E-state index contributed by atoms with van der Waals surface area (Å²) in [4.78, 5) is 26.7. The molecule has 1 rings (SSSR count). The maximum absolute atomic E-state index is 12.0. The lowest BCUT2D eigenvalue weighted by Crippen LogP contribution is -2.40. The molecule has 0 bridgehead atoms. The van der Waals surface area contributed by atoms with Gasteiger partial charge in [-0.1, -0.05) is 17.7 Å². The highest BCUT2D eigenvalue weighted by molar-refractivity contribution is 5.70. The molecule has 1 aromatic carbocycles. The molecule has 0 atom stereocenters. The van der Waals surface area contributed by atoms with Gasteiger partial charge in [-0.2, -0.15) is 0 Å². The van der Waals surface area contributed by atoms with Crippen molar-refractivity contribution >= 4 is 12.2 Å². The molecule has 0 saturated carbocycles. The Morgan fingerprint density at radius 3 is 1.91 bits per heavy atom. The van der Waals surface area contributed by atoms with E-state index in [0.29, 0.717) is 18.8 Å². The molecule has 6 nitrogen and oxygen atoms in total. The van der Waals surface area contributed by atoms with Crippen LogP contribution in [0.25, 0.3) is 0 Å². The average Bonchev–Trinajstić information content (AvgIpc) is 2.44. The largest absolute Gasteiger partial charge is 0.444 e. The van der Waals surface area contributed by atoms with E-state index in [4.69, 9.17) is 9.47 Å². The van der Waals surface area contributed by atoms with E-state index < -0.39 is 17.8 Å². The van der Waals surface area contributed by atoms with Gasteiger partial charge in [0.1, 0.15) is 11.4 Å². The van der Waals surface area contributed by atoms with E-state index >= 15 is 0 Å². The molecule has 0 spiro atoms. The molecule has 0 fully saturated rings. The Labute approximate surface area is 138 Å². The number of amides is 2. The Hall–Kier alpha value is -2.24. The quantitative estimate of drug-likeness (QED) is 0.853. The van der Waals surface area contributed by atoms with E-state index in [9.17, 15) is 9.59 Å². The Bertz CT molecular complexity index is 535. The van der Waals surface area contributed by atoms with Crippen molar-refractivity contribution in [3.8, 4) is 5.75 Å². The van der Waals surface area contributed by atoms with Crippen LogP contribution in [-0.2, 0) is 4.74 Å². The third-order valence-electron chi connectivity index (χ3n) is 3.01. The van der Waals surface area contributed by atoms with Crippen LogP contribution in [0.1, 0.15) is 26.3 Å². The van der Waals surface area contributed by atoms with Crippen LogP contribution in [-0.4, -0.2) is 54.8 Å². The normalized spacial score (nSPS) is 10.9. The van der Waals surface area contributed by atoms with Gasteiger partial charge in [0, 0.05) is 27.2 Å². The van der Waals surface area contributed by atoms with Gasteiger partial charge in [0.15, 0.2) is 0 Å². The molecule has 0 N–H and O–H groups in total. The summed E-state index contributed by atoms with van der Waals surface area (Å²) >= 11 is 0. The second kappa shape index (κ2) is 7.85. The Balaban J connectivity index is 2.43. The topological polar surface area (TPSA) is 59.1 Å². The third-order valence-corrected chi connectivity index (χ3v) is 3.01. The predicted octanol–water partition coefficient (Wildman–Crippen LogP) is 3.29. The van der Waals surface area contributed by atoms with Gasteiger partial charge in [0.05, 0.1) is 0 Å². The van der Waals surface area contributed by atoms with Crippen molar-refractivity contribution in [3.05, 3.63) is 29.8 Å². The van der Waals surface area contributed by atoms with Gasteiger partial charge in [0.2, 0.25) is 0 Å². The first kappa shape index (κ1) is 18.8. The molecule has 0 radical (unpaired) electrons. The average molecular weight is 322 g/mol. The van der Waals surface area contributed by atoms with Crippen LogP contribution < -0.4 is 4.74 Å². The number of carbonyl (C=O) groups excluding carboxylic acids is 2. The SMILES string of the molecule is Cc1ccc(OC(=O)N(C)CCN(C)C(=O)OC(C)(C)C)cc1. The molecule has 0 saturated heterocycles. The lowest BCUT2D eigenvalue weighted by atomic mass is 10.2. The molecule has 0 heterocycles. The van der Waals surface area contributed by atoms with Crippen LogP contribution in [0, 0.1) is 6.92 Å². The van der Waals surface area contributed by atoms with Crippen LogP contribution in [0.2, 0.25) is 0 Å². The summed E-state index contributed by atoms with van der Waals surface area (Å²) in [7, 11) is 3.26. The van der Waals surface area contributed by atoms with Crippen molar-refractivity contribution < 1.29 is 19.1 Å². The highest BCUT2D eigenvalue weighted by atomic mass is 16.6. The zero-order valence-electron chi connectivity index (χ0n) is 14.8. The number of hydrogen-bond acceptors (Lipinski definition) is 4. The molecule has 0 aliphatic heterocycles. The second-order valence-corrected chi connectivity index (χ2v) is 6.50. The minimum absolute atomic E-state index is 0.348. The lowest BCUT2D eigenvalue weighted by Gasteiger charge is -2.26. The maximum Gasteiger partial charge on any atom is 0.415 e. The number of rotatable bonds is 4. The highest BCUT2D eigenvalue weighted by Gasteiger charge is 2.20. The molecular formula is C17H26N2O4. The second-order valence-electron chi connectivity index (χ2n) is 6.50. The first-order valence-corrected chi connectivity index (χ1v) is 7.52. The molecule has 0 aromatic heterocycles. The van der Waals surface area contributed by atoms with Crippen molar-refractivity contribution in [1.82, 2.24) is 9.80 Å². The van der Waals surface area contributed by atoms with Gasteiger partial charge in [-0.25, -0.2) is 9.59 Å². The number of likely N-dealkylation sites (N-methyl/N-ethyl adjacent to an activating group) is 2. The summed E-state index contributed by atoms with van der Waals surface area (Å²) < 4.78 is 10.5. The van der Waals surface area contributed by atoms with Gasteiger partial charge in [0.25, 0.3) is 0 Å². The van der Waals surface area contributed by atoms with Crippen LogP contribution in [0.3, 0.4) is 0 Å². The Kier molecular flexibility index (Phi) is 6.42. The van der Waals surface area contributed by atoms with Crippen molar-refractivity contribution in [2.75, 3.05) is 27.2 Å². The van der Waals surface area contributed by atoms with E-state index in [1.807, 2.05) is 39.8 Å². The Morgan fingerprint density at radius 2 is 1.43 bits per heavy atom. The summed E-state index contributed by atoms with van der Waals surface area (Å²) in [5.41, 5.74) is 0.555. The molecule has 0 aliphatic rings. The fourth-order valence-electron chi connectivity index (χ4n) is 1.61. The molecule has 1 aromatic rings. The number of hydrogen-bond donors (Lipinski definition) is 0. The number of nitrogens with zero attached hydrogens (tertiary/aromatic N) is 2. The van der Waals surface area contributed by atoms with E-state index in [1.54, 1.807) is 26.2 Å². The molecule has 0 aliphatic carbocycles. The van der Waals surface area contributed by atoms with Crippen molar-refractivity contribution in [3.63, 3.8) is 0 Å². The first-order valence-electron chi connectivity index (χ1n) is 7.52. The van der Waals surface area contributed by atoms with E-state index in [0.717, 1.165) is 5.56 Å². The number of aryl methyl sites for hydroxylation is 1. The number of ether oxygens (including phenoxy) is 2. The minimum Gasteiger partial charge on any atom is -0.444 e. The van der Waals surface area contributed by atoms with Gasteiger partial charge in [-0.05, 0) is 39.8 Å². The summed E-state index contributed by atoms with van der Waals surface area (Å²) in [5.74, 6) is 0.493. The van der Waals surface area contributed by atoms with E-state index in [2.05, 4.69) is 0 Å². The van der Waals surface area contributed by atoms with Crippen LogP contribution in [0.4, 0.5) is 9.59 Å². The molecule has 0 unspecified atom stereocenters. The van der Waals surface area contributed by atoms with Crippen LogP contribution >= 0.6 is 0 Å². The standard InChI is InChI=1S/C17H26N2O4/c1-13-7-9-14(10-8-13)22-15(20)18(5)11-12-19(6)16(21)23-17(2,3)4/h7-10H,11-12H2,1-6H3. The summed E-state index contributed by atoms with van der Waals surface area (Å²) in [6.07, 6.45) is -0.885. The zero-order valence-corrected chi connectivity index (χ0v) is 14.8. The van der Waals surface area contributed by atoms with Gasteiger partial charge in [-0.15, -0.1) is 0 Å².